The maximum Gasteiger partial charge on any atom is 0.264 e. The Morgan fingerprint density at radius 1 is 0.939 bits per heavy atom. The van der Waals surface area contributed by atoms with Crippen molar-refractivity contribution >= 4 is 32.7 Å². The van der Waals surface area contributed by atoms with Crippen molar-refractivity contribution in [2.45, 2.75) is 76.0 Å². The largest absolute Gasteiger partial charge is 0.497 e. The van der Waals surface area contributed by atoms with Crippen molar-refractivity contribution in [3.63, 3.8) is 0 Å². The number of ether oxygens (including phenoxy) is 1. The van der Waals surface area contributed by atoms with Crippen LogP contribution in [-0.4, -0.2) is 81.3 Å². The van der Waals surface area contributed by atoms with Crippen LogP contribution in [0.4, 0.5) is 0 Å². The highest BCUT2D eigenvalue weighted by molar-refractivity contribution is 7.90. The fourth-order valence-corrected chi connectivity index (χ4v) is 11.1. The normalized spacial score (nSPS) is 30.4. The topological polar surface area (TPSA) is 122 Å². The molecule has 0 bridgehead atoms. The van der Waals surface area contributed by atoms with E-state index in [0.717, 1.165) is 86.4 Å². The lowest BCUT2D eigenvalue weighted by atomic mass is 9.71. The Hall–Kier alpha value is -3.41. The molecular formula is C38H47N5O5S. The molecule has 1 aromatic heterocycles. The van der Waals surface area contributed by atoms with Crippen LogP contribution in [0.15, 0.2) is 36.4 Å². The number of fused-ring (bicyclic) bond motifs is 7. The second kappa shape index (κ2) is 10.8. The molecule has 2 aliphatic carbocycles. The van der Waals surface area contributed by atoms with E-state index in [2.05, 4.69) is 37.0 Å². The van der Waals surface area contributed by atoms with E-state index < -0.39 is 26.6 Å². The summed E-state index contributed by atoms with van der Waals surface area (Å²) in [7, 11) is -2.11. The summed E-state index contributed by atoms with van der Waals surface area (Å²) in [5, 5.41) is 7.63. The number of sulfonamides is 1. The molecule has 11 heteroatoms. The zero-order valence-corrected chi connectivity index (χ0v) is 29.5. The van der Waals surface area contributed by atoms with E-state index in [1.807, 2.05) is 18.2 Å². The Morgan fingerprint density at radius 2 is 1.63 bits per heavy atom. The minimum atomic E-state index is -3.80. The highest BCUT2D eigenvalue weighted by atomic mass is 32.2. The summed E-state index contributed by atoms with van der Waals surface area (Å²) >= 11 is 0. The molecule has 2 unspecified atom stereocenters. The summed E-state index contributed by atoms with van der Waals surface area (Å²) < 4.78 is 35.8. The number of benzene rings is 2. The number of carbonyl (C=O) groups excluding carboxylic acids is 2. The average molecular weight is 686 g/mol. The van der Waals surface area contributed by atoms with Crippen molar-refractivity contribution in [3.05, 3.63) is 53.1 Å². The molecule has 3 saturated heterocycles. The summed E-state index contributed by atoms with van der Waals surface area (Å²) in [6.45, 7) is 8.94. The first-order valence-electron chi connectivity index (χ1n) is 18.1. The number of hydrogen-bond donors (Lipinski definition) is 3. The lowest BCUT2D eigenvalue weighted by Crippen LogP contribution is -2.44. The third-order valence-corrected chi connectivity index (χ3v) is 15.0. The smallest absolute Gasteiger partial charge is 0.264 e. The molecule has 4 aliphatic heterocycles. The van der Waals surface area contributed by atoms with Gasteiger partial charge in [-0.15, -0.1) is 0 Å². The number of nitrogens with zero attached hydrogens (tertiary/aromatic N) is 2. The molecule has 49 heavy (non-hydrogen) atoms. The molecule has 5 heterocycles. The van der Waals surface area contributed by atoms with Crippen LogP contribution in [0.1, 0.15) is 85.7 Å². The van der Waals surface area contributed by atoms with Gasteiger partial charge in [0.15, 0.2) is 0 Å². The molecule has 9 rings (SSSR count). The summed E-state index contributed by atoms with van der Waals surface area (Å²) in [5.41, 5.74) is 5.50. The lowest BCUT2D eigenvalue weighted by molar-refractivity contribution is -0.137. The van der Waals surface area contributed by atoms with Gasteiger partial charge in [0.1, 0.15) is 5.75 Å². The van der Waals surface area contributed by atoms with Gasteiger partial charge in [0, 0.05) is 84.6 Å². The van der Waals surface area contributed by atoms with Crippen molar-refractivity contribution in [2.75, 3.05) is 46.4 Å². The fourth-order valence-electron chi connectivity index (χ4n) is 10.5. The highest BCUT2D eigenvalue weighted by Crippen LogP contribution is 2.67. The Balaban J connectivity index is 1.21. The van der Waals surface area contributed by atoms with Crippen molar-refractivity contribution in [3.8, 4) is 17.0 Å². The quantitative estimate of drug-likeness (QED) is 0.353. The van der Waals surface area contributed by atoms with Gasteiger partial charge in [-0.2, -0.15) is 0 Å². The molecule has 2 aromatic carbocycles. The van der Waals surface area contributed by atoms with E-state index in [0.29, 0.717) is 18.0 Å². The van der Waals surface area contributed by atoms with E-state index in [9.17, 15) is 13.2 Å². The first kappa shape index (κ1) is 31.6. The first-order chi connectivity index (χ1) is 23.5. The van der Waals surface area contributed by atoms with E-state index in [1.165, 1.54) is 30.4 Å². The van der Waals surface area contributed by atoms with Crippen LogP contribution in [0.5, 0.6) is 5.75 Å². The zero-order valence-electron chi connectivity index (χ0n) is 28.7. The molecule has 2 saturated carbocycles. The number of methoxy groups -OCH3 is 1. The molecule has 0 radical (unpaired) electrons. The van der Waals surface area contributed by atoms with Crippen molar-refractivity contribution in [1.29, 1.82) is 0 Å². The van der Waals surface area contributed by atoms with Crippen molar-refractivity contribution in [2.24, 2.45) is 16.2 Å². The van der Waals surface area contributed by atoms with Crippen LogP contribution in [0, 0.1) is 16.2 Å². The minimum Gasteiger partial charge on any atom is -0.497 e. The molecule has 3 N–H and O–H groups in total. The van der Waals surface area contributed by atoms with Gasteiger partial charge in [-0.25, -0.2) is 13.1 Å². The maximum atomic E-state index is 15.1. The Morgan fingerprint density at radius 3 is 2.29 bits per heavy atom. The van der Waals surface area contributed by atoms with E-state index >= 15 is 4.79 Å². The van der Waals surface area contributed by atoms with E-state index in [1.54, 1.807) is 27.0 Å². The van der Waals surface area contributed by atoms with Gasteiger partial charge in [0.2, 0.25) is 15.9 Å². The van der Waals surface area contributed by atoms with Gasteiger partial charge in [-0.05, 0) is 80.5 Å². The van der Waals surface area contributed by atoms with E-state index in [4.69, 9.17) is 4.74 Å². The van der Waals surface area contributed by atoms with Crippen LogP contribution in [-0.2, 0) is 21.4 Å². The van der Waals surface area contributed by atoms with Gasteiger partial charge >= 0.3 is 0 Å². The van der Waals surface area contributed by atoms with Crippen LogP contribution in [0.3, 0.4) is 0 Å². The van der Waals surface area contributed by atoms with Crippen molar-refractivity contribution in [1.82, 2.24) is 24.8 Å². The number of carbonyl (C=O) groups is 2. The molecular weight excluding hydrogens is 639 g/mol. The predicted octanol–water partition coefficient (Wildman–Crippen LogP) is 4.34. The SMILES string of the molecule is COc1ccc2c(c1)C1CC1(C(=O)N1CC34CNCC3(CNC4)C1)Cn1c-2c(C2CCCCC2)c2ccc(C(=O)NS(=O)(=O)C(C)C)cc21. The van der Waals surface area contributed by atoms with Gasteiger partial charge < -0.3 is 24.8 Å². The third kappa shape index (κ3) is 4.47. The van der Waals surface area contributed by atoms with Gasteiger partial charge in [-0.3, -0.25) is 9.59 Å². The first-order valence-corrected chi connectivity index (χ1v) is 19.7. The van der Waals surface area contributed by atoms with Gasteiger partial charge in [0.25, 0.3) is 5.91 Å². The molecule has 0 spiro atoms. The minimum absolute atomic E-state index is 0.0634. The second-order valence-corrected chi connectivity index (χ2v) is 18.5. The van der Waals surface area contributed by atoms with Crippen molar-refractivity contribution < 1.29 is 22.7 Å². The predicted molar refractivity (Wildman–Crippen MR) is 188 cm³/mol. The lowest BCUT2D eigenvalue weighted by Gasteiger charge is -2.28. The average Bonchev–Trinajstić information content (AvgIpc) is 3.25. The number of likely N-dealkylation sites (tertiary alicyclic amines) is 1. The van der Waals surface area contributed by atoms with Crippen LogP contribution in [0.2, 0.25) is 0 Å². The van der Waals surface area contributed by atoms with Crippen LogP contribution < -0.4 is 20.1 Å². The number of nitrogens with one attached hydrogen (secondary N) is 3. The Labute approximate surface area is 288 Å². The number of aromatic nitrogens is 1. The van der Waals surface area contributed by atoms with E-state index in [-0.39, 0.29) is 22.7 Å². The molecule has 260 valence electrons. The number of amides is 2. The monoisotopic (exact) mass is 685 g/mol. The second-order valence-electron chi connectivity index (χ2n) is 16.2. The van der Waals surface area contributed by atoms with Gasteiger partial charge in [-0.1, -0.05) is 25.3 Å². The van der Waals surface area contributed by atoms with Crippen LogP contribution in [0.25, 0.3) is 22.2 Å². The summed E-state index contributed by atoms with van der Waals surface area (Å²) in [6, 6.07) is 12.0. The summed E-state index contributed by atoms with van der Waals surface area (Å²) in [6.07, 6.45) is 6.54. The van der Waals surface area contributed by atoms with Crippen LogP contribution >= 0.6 is 0 Å². The Kier molecular flexibility index (Phi) is 6.95. The molecule has 2 atom stereocenters. The summed E-state index contributed by atoms with van der Waals surface area (Å²) in [4.78, 5) is 30.7. The molecule has 2 amide bonds. The molecule has 5 fully saturated rings. The molecule has 10 nitrogen and oxygen atoms in total. The fraction of sp³-hybridized carbons (Fsp3) is 0.579. The number of hydrogen-bond acceptors (Lipinski definition) is 7. The van der Waals surface area contributed by atoms with Gasteiger partial charge in [0.05, 0.1) is 23.5 Å². The summed E-state index contributed by atoms with van der Waals surface area (Å²) in [5.74, 6) is 0.831. The zero-order chi connectivity index (χ0) is 33.9. The standard InChI is InChI=1S/C38H47N5O5S/c1-23(2)49(46,47)41-34(44)25-9-11-28-31(13-25)43-22-38(35(45)42-20-36-16-39-18-37(36,21-42)19-40-17-36)15-30(38)29-14-26(48-3)10-12-27(29)33(43)32(28)24-7-5-4-6-8-24/h9-14,23-24,30,39-40H,4-8,15-22H2,1-3H3,(H,41,44). The molecule has 6 aliphatic rings. The third-order valence-electron chi connectivity index (χ3n) is 13.3. The maximum absolute atomic E-state index is 15.1. The number of rotatable bonds is 6. The molecule has 3 aromatic rings. The highest BCUT2D eigenvalue weighted by Gasteiger charge is 2.69. The Bertz CT molecular complexity index is 1980.